The van der Waals surface area contributed by atoms with Gasteiger partial charge in [-0.2, -0.15) is 0 Å². The fraction of sp³-hybridized carbons (Fsp3) is 0.368. The predicted molar refractivity (Wildman–Crippen MR) is 244 cm³/mol. The second kappa shape index (κ2) is 12.2. The van der Waals surface area contributed by atoms with Gasteiger partial charge in [0.15, 0.2) is 5.75 Å². The molecule has 4 saturated carbocycles. The van der Waals surface area contributed by atoms with Crippen molar-refractivity contribution in [2.75, 3.05) is 4.90 Å². The highest BCUT2D eigenvalue weighted by Crippen LogP contribution is 2.71. The number of hydrogen-bond donors (Lipinski definition) is 0. The van der Waals surface area contributed by atoms with Crippen LogP contribution < -0.4 is 9.64 Å². The van der Waals surface area contributed by atoms with E-state index in [1.807, 2.05) is 0 Å². The quantitative estimate of drug-likeness (QED) is 0.177. The second-order valence-electron chi connectivity index (χ2n) is 21.2. The summed E-state index contributed by atoms with van der Waals surface area (Å²) in [6.07, 6.45) is 9.03. The van der Waals surface area contributed by atoms with E-state index in [4.69, 9.17) is 4.74 Å². The maximum atomic E-state index is 7.61. The fourth-order valence-electron chi connectivity index (χ4n) is 14.2. The zero-order valence-corrected chi connectivity index (χ0v) is 35.7. The highest BCUT2D eigenvalue weighted by Gasteiger charge is 2.62. The van der Waals surface area contributed by atoms with Crippen molar-refractivity contribution in [3.05, 3.63) is 161 Å². The smallest absolute Gasteiger partial charge is 0.155 e. The molecule has 7 aliphatic rings. The van der Waals surface area contributed by atoms with Crippen molar-refractivity contribution in [1.29, 1.82) is 0 Å². The molecule has 0 aromatic heterocycles. The standard InChI is InChI=1S/C57H57NO/c1-54(2)27-28-55(3,4)52-45(54)20-13-22-48(52)58(40-25-26-43-42-17-10-11-19-44(42)56(5,6)47(43)34-40)49-23-14-21-46-53(49)59-50-24-12-18-41(37-15-8-7-9-16-37)51(50)57(46)38-30-35-29-36(32-38)33-39(57)31-35/h7-26,34-36,38-39H,27-33H2,1-6H3. The van der Waals surface area contributed by atoms with Crippen LogP contribution in [0.15, 0.2) is 127 Å². The number of fused-ring (bicyclic) bond motifs is 6. The van der Waals surface area contributed by atoms with Gasteiger partial charge in [0.2, 0.25) is 0 Å². The first kappa shape index (κ1) is 35.8. The second-order valence-corrected chi connectivity index (χ2v) is 21.2. The van der Waals surface area contributed by atoms with E-state index in [1.54, 1.807) is 0 Å². The summed E-state index contributed by atoms with van der Waals surface area (Å²) in [6, 6.07) is 48.9. The molecule has 0 N–H and O–H groups in total. The van der Waals surface area contributed by atoms with E-state index in [0.29, 0.717) is 11.8 Å². The summed E-state index contributed by atoms with van der Waals surface area (Å²) >= 11 is 0. The van der Waals surface area contributed by atoms with Crippen LogP contribution >= 0.6 is 0 Å². The van der Waals surface area contributed by atoms with Gasteiger partial charge < -0.3 is 9.64 Å². The molecular weight excluding hydrogens is 715 g/mol. The van der Waals surface area contributed by atoms with Crippen LogP contribution in [-0.2, 0) is 21.7 Å². The van der Waals surface area contributed by atoms with Crippen LogP contribution in [0.4, 0.5) is 17.1 Å². The number of ether oxygens (including phenoxy) is 1. The van der Waals surface area contributed by atoms with E-state index in [1.165, 1.54) is 106 Å². The van der Waals surface area contributed by atoms with E-state index >= 15 is 0 Å². The molecule has 0 amide bonds. The van der Waals surface area contributed by atoms with Crippen molar-refractivity contribution >= 4 is 17.1 Å². The van der Waals surface area contributed by atoms with Gasteiger partial charge >= 0.3 is 0 Å². The average Bonchev–Trinajstić information content (AvgIpc) is 3.46. The third-order valence-corrected chi connectivity index (χ3v) is 16.7. The Morgan fingerprint density at radius 2 is 1.10 bits per heavy atom. The number of anilines is 3. The molecule has 296 valence electrons. The van der Waals surface area contributed by atoms with Crippen molar-refractivity contribution in [1.82, 2.24) is 0 Å². The first-order valence-electron chi connectivity index (χ1n) is 22.7. The number of para-hydroxylation sites is 1. The Morgan fingerprint density at radius 1 is 0.492 bits per heavy atom. The van der Waals surface area contributed by atoms with E-state index in [9.17, 15) is 0 Å². The van der Waals surface area contributed by atoms with Gasteiger partial charge in [-0.1, -0.05) is 139 Å². The van der Waals surface area contributed by atoms with Gasteiger partial charge in [-0.15, -0.1) is 0 Å². The van der Waals surface area contributed by atoms with Gasteiger partial charge in [-0.3, -0.25) is 0 Å². The molecule has 4 bridgehead atoms. The molecule has 1 aliphatic heterocycles. The van der Waals surface area contributed by atoms with Gasteiger partial charge in [0.05, 0.1) is 11.4 Å². The average molecular weight is 772 g/mol. The third-order valence-electron chi connectivity index (χ3n) is 16.7. The lowest BCUT2D eigenvalue weighted by atomic mass is 9.41. The number of nitrogens with zero attached hydrogens (tertiary/aromatic N) is 1. The molecule has 6 aromatic carbocycles. The maximum absolute atomic E-state index is 7.61. The molecule has 0 saturated heterocycles. The fourth-order valence-corrected chi connectivity index (χ4v) is 14.2. The van der Waals surface area contributed by atoms with E-state index in [-0.39, 0.29) is 21.7 Å². The summed E-state index contributed by atoms with van der Waals surface area (Å²) in [6.45, 7) is 14.7. The molecule has 4 fully saturated rings. The minimum absolute atomic E-state index is 0.00145. The molecule has 0 unspecified atom stereocenters. The van der Waals surface area contributed by atoms with E-state index in [0.717, 1.165) is 35.4 Å². The van der Waals surface area contributed by atoms with E-state index < -0.39 is 0 Å². The van der Waals surface area contributed by atoms with Crippen molar-refractivity contribution in [2.45, 2.75) is 108 Å². The minimum atomic E-state index is -0.116. The van der Waals surface area contributed by atoms with Crippen molar-refractivity contribution < 1.29 is 4.74 Å². The summed E-state index contributed by atoms with van der Waals surface area (Å²) in [7, 11) is 0. The highest BCUT2D eigenvalue weighted by atomic mass is 16.5. The molecule has 2 nitrogen and oxygen atoms in total. The lowest BCUT2D eigenvalue weighted by Crippen LogP contribution is -2.57. The lowest BCUT2D eigenvalue weighted by molar-refractivity contribution is -0.0449. The van der Waals surface area contributed by atoms with Crippen molar-refractivity contribution in [3.8, 4) is 33.8 Å². The third kappa shape index (κ3) is 4.87. The molecule has 6 aromatic rings. The SMILES string of the molecule is CC1(C)CCC(C)(C)c2c(N(c3ccc4c(c3)C(C)(C)c3ccccc3-4)c3cccc4c3Oc3cccc(-c5ccccc5)c3C43C4CC5CC(C4)CC3C5)cccc21. The Hall–Kier alpha value is -5.08. The summed E-state index contributed by atoms with van der Waals surface area (Å²) in [4.78, 5) is 2.63. The topological polar surface area (TPSA) is 12.5 Å². The molecule has 0 radical (unpaired) electrons. The molecule has 2 heteroatoms. The largest absolute Gasteiger partial charge is 0.454 e. The summed E-state index contributed by atoms with van der Waals surface area (Å²) in [5.41, 5.74) is 17.5. The van der Waals surface area contributed by atoms with Crippen LogP contribution in [0.2, 0.25) is 0 Å². The van der Waals surface area contributed by atoms with Gasteiger partial charge in [0.1, 0.15) is 5.75 Å². The van der Waals surface area contributed by atoms with Gasteiger partial charge in [0, 0.05) is 27.6 Å². The maximum Gasteiger partial charge on any atom is 0.155 e. The molecule has 1 spiro atoms. The zero-order valence-electron chi connectivity index (χ0n) is 35.7. The van der Waals surface area contributed by atoms with Gasteiger partial charge in [-0.05, 0) is 154 Å². The zero-order chi connectivity index (χ0) is 40.1. The Bertz CT molecular complexity index is 2670. The molecular formula is C57H57NO. The van der Waals surface area contributed by atoms with Gasteiger partial charge in [0.25, 0.3) is 0 Å². The molecule has 13 rings (SSSR count). The summed E-state index contributed by atoms with van der Waals surface area (Å²) < 4.78 is 7.61. The van der Waals surface area contributed by atoms with Crippen molar-refractivity contribution in [3.63, 3.8) is 0 Å². The van der Waals surface area contributed by atoms with Crippen LogP contribution in [-0.4, -0.2) is 0 Å². The van der Waals surface area contributed by atoms with Crippen LogP contribution in [0.1, 0.15) is 120 Å². The Kier molecular flexibility index (Phi) is 7.44. The molecule has 6 aliphatic carbocycles. The molecule has 0 atom stereocenters. The Labute approximate surface area is 351 Å². The summed E-state index contributed by atoms with van der Waals surface area (Å²) in [5.74, 6) is 5.00. The van der Waals surface area contributed by atoms with Crippen LogP contribution in [0.5, 0.6) is 11.5 Å². The normalized spacial score (nSPS) is 26.6. The van der Waals surface area contributed by atoms with E-state index in [2.05, 4.69) is 174 Å². The molecule has 1 heterocycles. The van der Waals surface area contributed by atoms with Crippen LogP contribution in [0.3, 0.4) is 0 Å². The highest BCUT2D eigenvalue weighted by molar-refractivity contribution is 5.90. The Balaban J connectivity index is 1.14. The number of rotatable bonds is 4. The lowest BCUT2D eigenvalue weighted by Gasteiger charge is -2.63. The van der Waals surface area contributed by atoms with Crippen LogP contribution in [0, 0.1) is 23.7 Å². The Morgan fingerprint density at radius 3 is 1.86 bits per heavy atom. The minimum Gasteiger partial charge on any atom is -0.454 e. The summed E-state index contributed by atoms with van der Waals surface area (Å²) in [5, 5.41) is 0. The molecule has 59 heavy (non-hydrogen) atoms. The van der Waals surface area contributed by atoms with Crippen LogP contribution in [0.25, 0.3) is 22.3 Å². The first-order chi connectivity index (χ1) is 28.5. The van der Waals surface area contributed by atoms with Gasteiger partial charge in [-0.25, -0.2) is 0 Å². The first-order valence-corrected chi connectivity index (χ1v) is 22.7. The predicted octanol–water partition coefficient (Wildman–Crippen LogP) is 15.3. The van der Waals surface area contributed by atoms with Crippen molar-refractivity contribution in [2.24, 2.45) is 23.7 Å². The number of hydrogen-bond acceptors (Lipinski definition) is 2. The number of benzene rings is 6. The monoisotopic (exact) mass is 771 g/mol.